The summed E-state index contributed by atoms with van der Waals surface area (Å²) in [6.07, 6.45) is 3.13. The predicted octanol–water partition coefficient (Wildman–Crippen LogP) is 2.13. The van der Waals surface area contributed by atoms with Crippen molar-refractivity contribution in [1.82, 2.24) is 9.97 Å². The first kappa shape index (κ1) is 12.0. The van der Waals surface area contributed by atoms with E-state index in [2.05, 4.69) is 15.3 Å². The summed E-state index contributed by atoms with van der Waals surface area (Å²) in [5, 5.41) is 2.62. The van der Waals surface area contributed by atoms with Crippen molar-refractivity contribution in [2.45, 2.75) is 6.92 Å². The van der Waals surface area contributed by atoms with Gasteiger partial charge in [-0.25, -0.2) is 9.97 Å². The molecule has 92 valence electrons. The van der Waals surface area contributed by atoms with Gasteiger partial charge in [-0.2, -0.15) is 0 Å². The Kier molecular flexibility index (Phi) is 3.86. The van der Waals surface area contributed by atoms with Gasteiger partial charge in [-0.3, -0.25) is 10.1 Å². The van der Waals surface area contributed by atoms with Crippen molar-refractivity contribution in [3.8, 4) is 5.75 Å². The fourth-order valence-electron chi connectivity index (χ4n) is 1.47. The lowest BCUT2D eigenvalue weighted by Gasteiger charge is -2.09. The molecule has 0 saturated carbocycles. The van der Waals surface area contributed by atoms with Crippen LogP contribution >= 0.6 is 0 Å². The van der Waals surface area contributed by atoms with Gasteiger partial charge in [0.1, 0.15) is 5.75 Å². The fraction of sp³-hybridized carbons (Fsp3) is 0.154. The van der Waals surface area contributed by atoms with E-state index in [9.17, 15) is 4.79 Å². The molecule has 0 radical (unpaired) electrons. The number of amides is 1. The zero-order chi connectivity index (χ0) is 12.8. The zero-order valence-corrected chi connectivity index (χ0v) is 9.96. The van der Waals surface area contributed by atoms with Gasteiger partial charge >= 0.3 is 0 Å². The molecule has 2 aromatic rings. The zero-order valence-electron chi connectivity index (χ0n) is 9.96. The number of hydrogen-bond acceptors (Lipinski definition) is 4. The Bertz CT molecular complexity index is 529. The highest BCUT2D eigenvalue weighted by Gasteiger charge is 2.12. The van der Waals surface area contributed by atoms with Crippen LogP contribution < -0.4 is 10.1 Å². The second kappa shape index (κ2) is 5.77. The number of carbonyl (C=O) groups excluding carboxylic acids is 1. The summed E-state index contributed by atoms with van der Waals surface area (Å²) in [7, 11) is 0. The molecular weight excluding hydrogens is 230 g/mol. The molecule has 1 aromatic carbocycles. The average molecular weight is 243 g/mol. The van der Waals surface area contributed by atoms with Crippen LogP contribution in [0.4, 0.5) is 5.95 Å². The molecule has 0 aliphatic rings. The topological polar surface area (TPSA) is 64.1 Å². The van der Waals surface area contributed by atoms with Crippen LogP contribution in [-0.4, -0.2) is 22.5 Å². The molecule has 0 spiro atoms. The van der Waals surface area contributed by atoms with Crippen LogP contribution in [0, 0.1) is 0 Å². The lowest BCUT2D eigenvalue weighted by molar-refractivity contribution is 0.102. The summed E-state index contributed by atoms with van der Waals surface area (Å²) in [4.78, 5) is 19.9. The maximum Gasteiger partial charge on any atom is 0.261 e. The SMILES string of the molecule is CCOc1ccccc1C(=O)Nc1ncccn1. The summed E-state index contributed by atoms with van der Waals surface area (Å²) in [5.74, 6) is 0.535. The van der Waals surface area contributed by atoms with E-state index >= 15 is 0 Å². The number of ether oxygens (including phenoxy) is 1. The molecule has 1 heterocycles. The summed E-state index contributed by atoms with van der Waals surface area (Å²) in [5.41, 5.74) is 0.465. The third kappa shape index (κ3) is 2.82. The summed E-state index contributed by atoms with van der Waals surface area (Å²) < 4.78 is 5.39. The molecule has 0 aliphatic heterocycles. The van der Waals surface area contributed by atoms with Gasteiger partial charge in [-0.15, -0.1) is 0 Å². The van der Waals surface area contributed by atoms with E-state index < -0.39 is 0 Å². The second-order valence-electron chi connectivity index (χ2n) is 3.46. The Morgan fingerprint density at radius 3 is 2.67 bits per heavy atom. The number of para-hydroxylation sites is 1. The fourth-order valence-corrected chi connectivity index (χ4v) is 1.47. The van der Waals surface area contributed by atoms with Crippen molar-refractivity contribution < 1.29 is 9.53 Å². The molecule has 1 amide bonds. The molecule has 5 nitrogen and oxygen atoms in total. The van der Waals surface area contributed by atoms with Crippen molar-refractivity contribution in [2.24, 2.45) is 0 Å². The Hall–Kier alpha value is -2.43. The van der Waals surface area contributed by atoms with Crippen LogP contribution in [0.15, 0.2) is 42.7 Å². The van der Waals surface area contributed by atoms with Crippen molar-refractivity contribution in [3.05, 3.63) is 48.3 Å². The second-order valence-corrected chi connectivity index (χ2v) is 3.46. The van der Waals surface area contributed by atoms with Crippen LogP contribution in [0.1, 0.15) is 17.3 Å². The number of anilines is 1. The number of aromatic nitrogens is 2. The Labute approximate surface area is 105 Å². The normalized spacial score (nSPS) is 9.83. The number of nitrogens with zero attached hydrogens (tertiary/aromatic N) is 2. The van der Waals surface area contributed by atoms with Crippen LogP contribution in [0.3, 0.4) is 0 Å². The van der Waals surface area contributed by atoms with Crippen LogP contribution in [0.2, 0.25) is 0 Å². The van der Waals surface area contributed by atoms with Crippen molar-refractivity contribution >= 4 is 11.9 Å². The highest BCUT2D eigenvalue weighted by molar-refractivity contribution is 6.05. The van der Waals surface area contributed by atoms with Gasteiger partial charge in [0, 0.05) is 12.4 Å². The van der Waals surface area contributed by atoms with Crippen molar-refractivity contribution in [3.63, 3.8) is 0 Å². The highest BCUT2D eigenvalue weighted by atomic mass is 16.5. The lowest BCUT2D eigenvalue weighted by Crippen LogP contribution is -2.15. The predicted molar refractivity (Wildman–Crippen MR) is 67.6 cm³/mol. The first-order valence-electron chi connectivity index (χ1n) is 5.61. The van der Waals surface area contributed by atoms with Crippen LogP contribution in [0.5, 0.6) is 5.75 Å². The molecule has 0 aliphatic carbocycles. The van der Waals surface area contributed by atoms with E-state index in [1.807, 2.05) is 13.0 Å². The number of carbonyl (C=O) groups is 1. The van der Waals surface area contributed by atoms with E-state index in [-0.39, 0.29) is 11.9 Å². The van der Waals surface area contributed by atoms with Gasteiger partial charge in [-0.1, -0.05) is 12.1 Å². The molecule has 18 heavy (non-hydrogen) atoms. The molecule has 0 unspecified atom stereocenters. The van der Waals surface area contributed by atoms with Gasteiger partial charge in [0.25, 0.3) is 5.91 Å². The molecule has 1 N–H and O–H groups in total. The number of hydrogen-bond donors (Lipinski definition) is 1. The molecule has 0 atom stereocenters. The minimum absolute atomic E-state index is 0.272. The number of benzene rings is 1. The third-order valence-corrected chi connectivity index (χ3v) is 2.22. The first-order chi connectivity index (χ1) is 8.81. The smallest absolute Gasteiger partial charge is 0.261 e. The molecule has 2 rings (SSSR count). The number of rotatable bonds is 4. The molecule has 0 bridgehead atoms. The van der Waals surface area contributed by atoms with E-state index in [1.165, 1.54) is 0 Å². The van der Waals surface area contributed by atoms with Gasteiger partial charge < -0.3 is 4.74 Å². The molecular formula is C13H13N3O2. The Morgan fingerprint density at radius 1 is 1.22 bits per heavy atom. The maximum absolute atomic E-state index is 12.0. The highest BCUT2D eigenvalue weighted by Crippen LogP contribution is 2.18. The van der Waals surface area contributed by atoms with E-state index in [0.717, 1.165) is 0 Å². The third-order valence-electron chi connectivity index (χ3n) is 2.22. The average Bonchev–Trinajstić information content (AvgIpc) is 2.41. The summed E-state index contributed by atoms with van der Waals surface area (Å²) >= 11 is 0. The molecule has 1 aromatic heterocycles. The lowest BCUT2D eigenvalue weighted by atomic mass is 10.2. The molecule has 0 saturated heterocycles. The van der Waals surface area contributed by atoms with Gasteiger partial charge in [0.15, 0.2) is 0 Å². The maximum atomic E-state index is 12.0. The number of nitrogens with one attached hydrogen (secondary N) is 1. The monoisotopic (exact) mass is 243 g/mol. The van der Waals surface area contributed by atoms with Crippen LogP contribution in [-0.2, 0) is 0 Å². The Balaban J connectivity index is 2.19. The minimum Gasteiger partial charge on any atom is -0.493 e. The van der Waals surface area contributed by atoms with E-state index in [1.54, 1.807) is 36.7 Å². The van der Waals surface area contributed by atoms with Gasteiger partial charge in [-0.05, 0) is 25.1 Å². The minimum atomic E-state index is -0.287. The van der Waals surface area contributed by atoms with Gasteiger partial charge in [0.05, 0.1) is 12.2 Å². The van der Waals surface area contributed by atoms with Gasteiger partial charge in [0.2, 0.25) is 5.95 Å². The Morgan fingerprint density at radius 2 is 1.94 bits per heavy atom. The summed E-state index contributed by atoms with van der Waals surface area (Å²) in [6.45, 7) is 2.38. The molecule has 0 fully saturated rings. The van der Waals surface area contributed by atoms with Crippen LogP contribution in [0.25, 0.3) is 0 Å². The first-order valence-corrected chi connectivity index (χ1v) is 5.61. The standard InChI is InChI=1S/C13H13N3O2/c1-2-18-11-7-4-3-6-10(11)12(17)16-13-14-8-5-9-15-13/h3-9H,2H2,1H3,(H,14,15,16,17). The van der Waals surface area contributed by atoms with E-state index in [0.29, 0.717) is 17.9 Å². The van der Waals surface area contributed by atoms with Crippen molar-refractivity contribution in [2.75, 3.05) is 11.9 Å². The molecule has 5 heteroatoms. The van der Waals surface area contributed by atoms with E-state index in [4.69, 9.17) is 4.74 Å². The largest absolute Gasteiger partial charge is 0.493 e. The summed E-state index contributed by atoms with van der Waals surface area (Å²) in [6, 6.07) is 8.74. The van der Waals surface area contributed by atoms with Crippen molar-refractivity contribution in [1.29, 1.82) is 0 Å². The quantitative estimate of drug-likeness (QED) is 0.893.